The molecular weight excluding hydrogens is 198 g/mol. The van der Waals surface area contributed by atoms with Crippen LogP contribution in [-0.2, 0) is 6.54 Å². The summed E-state index contributed by atoms with van der Waals surface area (Å²) in [6.07, 6.45) is 9.40. The van der Waals surface area contributed by atoms with Gasteiger partial charge < -0.3 is 9.88 Å². The molecule has 0 aromatic carbocycles. The summed E-state index contributed by atoms with van der Waals surface area (Å²) in [5.41, 5.74) is 1.94. The van der Waals surface area contributed by atoms with Crippen molar-refractivity contribution >= 4 is 0 Å². The van der Waals surface area contributed by atoms with E-state index in [1.165, 1.54) is 44.5 Å². The molecule has 0 spiro atoms. The third-order valence-corrected chi connectivity index (χ3v) is 4.10. The molecule has 0 bridgehead atoms. The lowest BCUT2D eigenvalue weighted by atomic mass is 9.81. The first kappa shape index (κ1) is 10.3. The van der Waals surface area contributed by atoms with Crippen molar-refractivity contribution in [3.63, 3.8) is 0 Å². The van der Waals surface area contributed by atoms with Gasteiger partial charge >= 0.3 is 0 Å². The van der Waals surface area contributed by atoms with Gasteiger partial charge in [-0.3, -0.25) is 0 Å². The Kier molecular flexibility index (Phi) is 2.51. The van der Waals surface area contributed by atoms with Gasteiger partial charge in [-0.25, -0.2) is 4.98 Å². The van der Waals surface area contributed by atoms with Crippen LogP contribution in [0.3, 0.4) is 0 Å². The first-order valence-corrected chi connectivity index (χ1v) is 6.48. The number of piperidine rings is 1. The van der Waals surface area contributed by atoms with E-state index in [0.29, 0.717) is 5.41 Å². The molecule has 1 N–H and O–H groups in total. The van der Waals surface area contributed by atoms with Crippen LogP contribution in [0.1, 0.15) is 44.2 Å². The lowest BCUT2D eigenvalue weighted by molar-refractivity contribution is 0.193. The number of aromatic nitrogens is 2. The van der Waals surface area contributed by atoms with Crippen LogP contribution in [0.4, 0.5) is 0 Å². The third-order valence-electron chi connectivity index (χ3n) is 4.10. The molecule has 88 valence electrons. The van der Waals surface area contributed by atoms with Crippen LogP contribution in [0, 0.1) is 5.41 Å². The van der Waals surface area contributed by atoms with Crippen LogP contribution < -0.4 is 5.32 Å². The lowest BCUT2D eigenvalue weighted by Crippen LogP contribution is -2.37. The maximum Gasteiger partial charge on any atom is 0.0948 e. The summed E-state index contributed by atoms with van der Waals surface area (Å²) in [6.45, 7) is 5.92. The van der Waals surface area contributed by atoms with Gasteiger partial charge in [-0.05, 0) is 44.2 Å². The molecule has 0 atom stereocenters. The van der Waals surface area contributed by atoms with E-state index < -0.39 is 0 Å². The lowest BCUT2D eigenvalue weighted by Gasteiger charge is -2.34. The van der Waals surface area contributed by atoms with Gasteiger partial charge in [0, 0.05) is 24.4 Å². The smallest absolute Gasteiger partial charge is 0.0948 e. The van der Waals surface area contributed by atoms with E-state index in [1.54, 1.807) is 0 Å². The average Bonchev–Trinajstić information content (AvgIpc) is 3.01. The molecule has 0 radical (unpaired) electrons. The van der Waals surface area contributed by atoms with Gasteiger partial charge in [0.05, 0.1) is 6.33 Å². The molecular formula is C13H21N3. The van der Waals surface area contributed by atoms with Gasteiger partial charge in [-0.1, -0.05) is 6.92 Å². The zero-order valence-corrected chi connectivity index (χ0v) is 10.1. The SMILES string of the molecule is CC1(Cn2cncc2C2CC2)CCNCC1. The molecule has 2 heterocycles. The van der Waals surface area contributed by atoms with Gasteiger partial charge in [0.1, 0.15) is 0 Å². The minimum absolute atomic E-state index is 0.468. The van der Waals surface area contributed by atoms with Crippen molar-refractivity contribution in [3.05, 3.63) is 18.2 Å². The summed E-state index contributed by atoms with van der Waals surface area (Å²) >= 11 is 0. The molecule has 0 amide bonds. The molecule has 16 heavy (non-hydrogen) atoms. The Morgan fingerprint density at radius 2 is 2.19 bits per heavy atom. The van der Waals surface area contributed by atoms with E-state index in [2.05, 4.69) is 28.0 Å². The fourth-order valence-corrected chi connectivity index (χ4v) is 2.78. The zero-order chi connectivity index (χ0) is 11.0. The standard InChI is InChI=1S/C13H21N3/c1-13(4-6-14-7-5-13)9-16-10-15-8-12(16)11-2-3-11/h8,10-11,14H,2-7,9H2,1H3. The van der Waals surface area contributed by atoms with Gasteiger partial charge in [0.25, 0.3) is 0 Å². The second-order valence-electron chi connectivity index (χ2n) is 5.78. The Balaban J connectivity index is 1.74. The second kappa shape index (κ2) is 3.88. The number of nitrogens with one attached hydrogen (secondary N) is 1. The van der Waals surface area contributed by atoms with Crippen molar-refractivity contribution in [2.45, 2.75) is 45.1 Å². The van der Waals surface area contributed by atoms with E-state index in [1.807, 2.05) is 6.33 Å². The van der Waals surface area contributed by atoms with Gasteiger partial charge in [0.15, 0.2) is 0 Å². The summed E-state index contributed by atoms with van der Waals surface area (Å²) in [7, 11) is 0. The summed E-state index contributed by atoms with van der Waals surface area (Å²) in [5, 5.41) is 3.44. The normalized spacial score (nSPS) is 24.6. The Bertz CT molecular complexity index is 359. The molecule has 3 heteroatoms. The fourth-order valence-electron chi connectivity index (χ4n) is 2.78. The molecule has 1 saturated heterocycles. The minimum atomic E-state index is 0.468. The third kappa shape index (κ3) is 2.01. The molecule has 3 nitrogen and oxygen atoms in total. The van der Waals surface area contributed by atoms with Crippen LogP contribution in [0.2, 0.25) is 0 Å². The highest BCUT2D eigenvalue weighted by atomic mass is 15.1. The Morgan fingerprint density at radius 1 is 1.44 bits per heavy atom. The molecule has 3 rings (SSSR count). The van der Waals surface area contributed by atoms with Crippen molar-refractivity contribution in [1.82, 2.24) is 14.9 Å². The summed E-state index contributed by atoms with van der Waals surface area (Å²) in [5.74, 6) is 0.813. The molecule has 1 aromatic heterocycles. The Morgan fingerprint density at radius 3 is 2.88 bits per heavy atom. The number of imidazole rings is 1. The van der Waals surface area contributed by atoms with Gasteiger partial charge in [-0.2, -0.15) is 0 Å². The molecule has 2 aliphatic rings. The highest BCUT2D eigenvalue weighted by Gasteiger charge is 2.31. The van der Waals surface area contributed by atoms with Crippen molar-refractivity contribution in [2.24, 2.45) is 5.41 Å². The summed E-state index contributed by atoms with van der Waals surface area (Å²) < 4.78 is 2.41. The maximum absolute atomic E-state index is 4.33. The second-order valence-corrected chi connectivity index (χ2v) is 5.78. The van der Waals surface area contributed by atoms with Crippen molar-refractivity contribution in [3.8, 4) is 0 Å². The fraction of sp³-hybridized carbons (Fsp3) is 0.769. The molecule has 1 aliphatic carbocycles. The monoisotopic (exact) mass is 219 g/mol. The van der Waals surface area contributed by atoms with Crippen LogP contribution >= 0.6 is 0 Å². The maximum atomic E-state index is 4.33. The average molecular weight is 219 g/mol. The van der Waals surface area contributed by atoms with Crippen molar-refractivity contribution < 1.29 is 0 Å². The predicted molar refractivity (Wildman–Crippen MR) is 64.4 cm³/mol. The molecule has 1 aromatic rings. The Labute approximate surface area is 97.3 Å². The number of nitrogens with zero attached hydrogens (tertiary/aromatic N) is 2. The van der Waals surface area contributed by atoms with Crippen LogP contribution in [-0.4, -0.2) is 22.6 Å². The number of hydrogen-bond acceptors (Lipinski definition) is 2. The molecule has 0 unspecified atom stereocenters. The molecule has 1 aliphatic heterocycles. The Hall–Kier alpha value is -0.830. The largest absolute Gasteiger partial charge is 0.334 e. The summed E-state index contributed by atoms with van der Waals surface area (Å²) in [6, 6.07) is 0. The van der Waals surface area contributed by atoms with E-state index in [4.69, 9.17) is 0 Å². The highest BCUT2D eigenvalue weighted by molar-refractivity contribution is 5.13. The van der Waals surface area contributed by atoms with Crippen molar-refractivity contribution in [2.75, 3.05) is 13.1 Å². The topological polar surface area (TPSA) is 29.9 Å². The van der Waals surface area contributed by atoms with Gasteiger partial charge in [0.2, 0.25) is 0 Å². The predicted octanol–water partition coefficient (Wildman–Crippen LogP) is 2.15. The van der Waals surface area contributed by atoms with Crippen LogP contribution in [0.5, 0.6) is 0 Å². The number of hydrogen-bond donors (Lipinski definition) is 1. The van der Waals surface area contributed by atoms with Crippen LogP contribution in [0.25, 0.3) is 0 Å². The van der Waals surface area contributed by atoms with E-state index in [0.717, 1.165) is 12.5 Å². The van der Waals surface area contributed by atoms with E-state index in [9.17, 15) is 0 Å². The molecule has 2 fully saturated rings. The molecule has 1 saturated carbocycles. The van der Waals surface area contributed by atoms with Crippen molar-refractivity contribution in [1.29, 1.82) is 0 Å². The quantitative estimate of drug-likeness (QED) is 0.844. The number of rotatable bonds is 3. The first-order valence-electron chi connectivity index (χ1n) is 6.48. The van der Waals surface area contributed by atoms with Crippen LogP contribution in [0.15, 0.2) is 12.5 Å². The highest BCUT2D eigenvalue weighted by Crippen LogP contribution is 2.41. The minimum Gasteiger partial charge on any atom is -0.334 e. The summed E-state index contributed by atoms with van der Waals surface area (Å²) in [4.78, 5) is 4.33. The van der Waals surface area contributed by atoms with Gasteiger partial charge in [-0.15, -0.1) is 0 Å². The zero-order valence-electron chi connectivity index (χ0n) is 10.1. The van der Waals surface area contributed by atoms with E-state index in [-0.39, 0.29) is 0 Å². The van der Waals surface area contributed by atoms with E-state index >= 15 is 0 Å². The first-order chi connectivity index (χ1) is 7.77.